The molecule has 0 aliphatic heterocycles. The fourth-order valence-corrected chi connectivity index (χ4v) is 3.41. The van der Waals surface area contributed by atoms with E-state index in [-0.39, 0.29) is 5.82 Å². The van der Waals surface area contributed by atoms with E-state index in [1.54, 1.807) is 12.1 Å². The van der Waals surface area contributed by atoms with Crippen molar-refractivity contribution < 1.29 is 13.9 Å². The second-order valence-electron chi connectivity index (χ2n) is 7.13. The molecule has 0 fully saturated rings. The van der Waals surface area contributed by atoms with Gasteiger partial charge in [0.25, 0.3) is 0 Å². The zero-order valence-electron chi connectivity index (χ0n) is 17.4. The molecule has 0 bridgehead atoms. The molecule has 0 aromatic heterocycles. The molecule has 0 amide bonds. The molecule has 30 heavy (non-hydrogen) atoms. The Balaban J connectivity index is 1.61. The standard InChI is InChI=1S/C25H27ClFNO2/c1-3-29-24-15-20(16-28-13-12-21-6-4-5-7-23(21)27)14-22(26)25(24)30-17-19-10-8-18(2)9-11-19/h4-11,14-15,28H,3,12-13,16-17H2,1-2H3. The van der Waals surface area contributed by atoms with Gasteiger partial charge in [-0.25, -0.2) is 4.39 Å². The number of hydrogen-bond donors (Lipinski definition) is 1. The molecular formula is C25H27ClFNO2. The highest BCUT2D eigenvalue weighted by molar-refractivity contribution is 6.32. The molecule has 0 heterocycles. The predicted molar refractivity (Wildman–Crippen MR) is 120 cm³/mol. The van der Waals surface area contributed by atoms with Gasteiger partial charge < -0.3 is 14.8 Å². The van der Waals surface area contributed by atoms with Crippen LogP contribution in [0.2, 0.25) is 5.02 Å². The predicted octanol–water partition coefficient (Wildman–Crippen LogP) is 6.10. The van der Waals surface area contributed by atoms with Gasteiger partial charge in [0.1, 0.15) is 12.4 Å². The summed E-state index contributed by atoms with van der Waals surface area (Å²) in [6, 6.07) is 18.9. The number of rotatable bonds is 10. The second kappa shape index (κ2) is 11.0. The minimum absolute atomic E-state index is 0.170. The highest BCUT2D eigenvalue weighted by Crippen LogP contribution is 2.37. The topological polar surface area (TPSA) is 30.5 Å². The number of aryl methyl sites for hydroxylation is 1. The Kier molecular flexibility index (Phi) is 8.12. The third kappa shape index (κ3) is 6.22. The Morgan fingerprint density at radius 1 is 0.967 bits per heavy atom. The molecule has 3 aromatic carbocycles. The fourth-order valence-electron chi connectivity index (χ4n) is 3.12. The molecule has 3 nitrogen and oxygen atoms in total. The maximum atomic E-state index is 13.7. The Morgan fingerprint density at radius 3 is 2.47 bits per heavy atom. The number of halogens is 2. The number of benzene rings is 3. The lowest BCUT2D eigenvalue weighted by Crippen LogP contribution is -2.17. The average Bonchev–Trinajstić information content (AvgIpc) is 2.73. The van der Waals surface area contributed by atoms with Crippen molar-refractivity contribution in [2.75, 3.05) is 13.2 Å². The third-order valence-corrected chi connectivity index (χ3v) is 5.01. The first-order valence-corrected chi connectivity index (χ1v) is 10.5. The van der Waals surface area contributed by atoms with E-state index in [1.807, 2.05) is 37.3 Å². The number of nitrogens with one attached hydrogen (secondary N) is 1. The van der Waals surface area contributed by atoms with Crippen molar-refractivity contribution in [3.8, 4) is 11.5 Å². The van der Waals surface area contributed by atoms with Crippen LogP contribution >= 0.6 is 11.6 Å². The van der Waals surface area contributed by atoms with E-state index in [1.165, 1.54) is 11.6 Å². The Morgan fingerprint density at radius 2 is 1.73 bits per heavy atom. The van der Waals surface area contributed by atoms with Crippen LogP contribution in [-0.2, 0) is 19.6 Å². The number of ether oxygens (including phenoxy) is 2. The van der Waals surface area contributed by atoms with Crippen LogP contribution in [0.3, 0.4) is 0 Å². The molecule has 0 atom stereocenters. The van der Waals surface area contributed by atoms with Crippen LogP contribution in [0.25, 0.3) is 0 Å². The lowest BCUT2D eigenvalue weighted by molar-refractivity contribution is 0.269. The van der Waals surface area contributed by atoms with Crippen LogP contribution < -0.4 is 14.8 Å². The summed E-state index contributed by atoms with van der Waals surface area (Å²) in [6.45, 7) is 6.18. The summed E-state index contributed by atoms with van der Waals surface area (Å²) >= 11 is 6.51. The van der Waals surface area contributed by atoms with Gasteiger partial charge in [0.15, 0.2) is 11.5 Å². The normalized spacial score (nSPS) is 10.8. The Labute approximate surface area is 182 Å². The van der Waals surface area contributed by atoms with Crippen LogP contribution in [0, 0.1) is 12.7 Å². The summed E-state index contributed by atoms with van der Waals surface area (Å²) < 4.78 is 25.5. The van der Waals surface area contributed by atoms with Gasteiger partial charge in [-0.2, -0.15) is 0 Å². The van der Waals surface area contributed by atoms with E-state index in [2.05, 4.69) is 24.4 Å². The van der Waals surface area contributed by atoms with Gasteiger partial charge in [-0.1, -0.05) is 59.6 Å². The monoisotopic (exact) mass is 427 g/mol. The van der Waals surface area contributed by atoms with E-state index in [9.17, 15) is 4.39 Å². The van der Waals surface area contributed by atoms with Gasteiger partial charge in [-0.05, 0) is 61.7 Å². The summed E-state index contributed by atoms with van der Waals surface area (Å²) in [7, 11) is 0. The maximum absolute atomic E-state index is 13.7. The Hall–Kier alpha value is -2.56. The largest absolute Gasteiger partial charge is 0.490 e. The van der Waals surface area contributed by atoms with Gasteiger partial charge in [-0.15, -0.1) is 0 Å². The quantitative estimate of drug-likeness (QED) is 0.397. The molecule has 0 spiro atoms. The van der Waals surface area contributed by atoms with Gasteiger partial charge in [-0.3, -0.25) is 0 Å². The van der Waals surface area contributed by atoms with Gasteiger partial charge in [0, 0.05) is 6.54 Å². The summed E-state index contributed by atoms with van der Waals surface area (Å²) in [5.74, 6) is 1.01. The van der Waals surface area contributed by atoms with E-state index in [0.29, 0.717) is 54.8 Å². The molecule has 5 heteroatoms. The SMILES string of the molecule is CCOc1cc(CNCCc2ccccc2F)cc(Cl)c1OCc1ccc(C)cc1. The molecule has 158 valence electrons. The molecule has 0 radical (unpaired) electrons. The smallest absolute Gasteiger partial charge is 0.180 e. The van der Waals surface area contributed by atoms with Crippen LogP contribution in [0.1, 0.15) is 29.2 Å². The molecular weight excluding hydrogens is 401 g/mol. The van der Waals surface area contributed by atoms with Crippen LogP contribution in [0.15, 0.2) is 60.7 Å². The van der Waals surface area contributed by atoms with Gasteiger partial charge in [0.05, 0.1) is 11.6 Å². The lowest BCUT2D eigenvalue weighted by atomic mass is 10.1. The summed E-state index contributed by atoms with van der Waals surface area (Å²) in [6.07, 6.45) is 0.621. The van der Waals surface area contributed by atoms with Crippen molar-refractivity contribution in [1.29, 1.82) is 0 Å². The third-order valence-electron chi connectivity index (χ3n) is 4.73. The van der Waals surface area contributed by atoms with E-state index in [4.69, 9.17) is 21.1 Å². The van der Waals surface area contributed by atoms with Crippen molar-refractivity contribution in [2.24, 2.45) is 0 Å². The van der Waals surface area contributed by atoms with Crippen LogP contribution in [-0.4, -0.2) is 13.2 Å². The average molecular weight is 428 g/mol. The van der Waals surface area contributed by atoms with Crippen molar-refractivity contribution in [1.82, 2.24) is 5.32 Å². The van der Waals surface area contributed by atoms with E-state index in [0.717, 1.165) is 11.1 Å². The molecule has 0 saturated heterocycles. The second-order valence-corrected chi connectivity index (χ2v) is 7.54. The molecule has 0 aliphatic rings. The first-order chi connectivity index (χ1) is 14.6. The molecule has 3 rings (SSSR count). The molecule has 0 saturated carbocycles. The summed E-state index contributed by atoms with van der Waals surface area (Å²) in [4.78, 5) is 0. The zero-order valence-corrected chi connectivity index (χ0v) is 18.1. The molecule has 1 N–H and O–H groups in total. The minimum Gasteiger partial charge on any atom is -0.490 e. The Bertz CT molecular complexity index is 960. The summed E-state index contributed by atoms with van der Waals surface area (Å²) in [5.41, 5.74) is 3.97. The van der Waals surface area contributed by atoms with Gasteiger partial charge >= 0.3 is 0 Å². The first kappa shape index (κ1) is 22.1. The van der Waals surface area contributed by atoms with E-state index < -0.39 is 0 Å². The molecule has 0 unspecified atom stereocenters. The maximum Gasteiger partial charge on any atom is 0.180 e. The highest BCUT2D eigenvalue weighted by Gasteiger charge is 2.13. The van der Waals surface area contributed by atoms with Crippen molar-refractivity contribution in [3.63, 3.8) is 0 Å². The first-order valence-electron chi connectivity index (χ1n) is 10.1. The van der Waals surface area contributed by atoms with E-state index >= 15 is 0 Å². The summed E-state index contributed by atoms with van der Waals surface area (Å²) in [5, 5.41) is 3.85. The molecule has 0 aliphatic carbocycles. The van der Waals surface area contributed by atoms with Crippen molar-refractivity contribution in [2.45, 2.75) is 33.4 Å². The lowest BCUT2D eigenvalue weighted by Gasteiger charge is -2.16. The fraction of sp³-hybridized carbons (Fsp3) is 0.280. The zero-order chi connectivity index (χ0) is 21.3. The van der Waals surface area contributed by atoms with Crippen molar-refractivity contribution >= 4 is 11.6 Å². The van der Waals surface area contributed by atoms with Crippen LogP contribution in [0.4, 0.5) is 4.39 Å². The van der Waals surface area contributed by atoms with Gasteiger partial charge in [0.2, 0.25) is 0 Å². The highest BCUT2D eigenvalue weighted by atomic mass is 35.5. The minimum atomic E-state index is -0.170. The van der Waals surface area contributed by atoms with Crippen molar-refractivity contribution in [3.05, 3.63) is 93.8 Å². The van der Waals surface area contributed by atoms with Crippen LogP contribution in [0.5, 0.6) is 11.5 Å². The molecule has 3 aromatic rings. The number of hydrogen-bond acceptors (Lipinski definition) is 3.